The summed E-state index contributed by atoms with van der Waals surface area (Å²) in [7, 11) is 0. The summed E-state index contributed by atoms with van der Waals surface area (Å²) in [6.45, 7) is 1.81. The van der Waals surface area contributed by atoms with Crippen LogP contribution in [0.15, 0.2) is 22.7 Å². The van der Waals surface area contributed by atoms with E-state index in [2.05, 4.69) is 15.9 Å². The Hall–Kier alpha value is -0.480. The van der Waals surface area contributed by atoms with E-state index in [9.17, 15) is 8.78 Å². The van der Waals surface area contributed by atoms with E-state index < -0.39 is 6.43 Å². The fraction of sp³-hybridized carbons (Fsp3) is 0.333. The molecule has 1 unspecified atom stereocenters. The first-order valence-corrected chi connectivity index (χ1v) is 4.64. The quantitative estimate of drug-likeness (QED) is 0.855. The Morgan fingerprint density at radius 3 is 2.38 bits per heavy atom. The van der Waals surface area contributed by atoms with Crippen LogP contribution in [0.5, 0.6) is 0 Å². The van der Waals surface area contributed by atoms with Gasteiger partial charge in [-0.3, -0.25) is 0 Å². The van der Waals surface area contributed by atoms with Gasteiger partial charge in [-0.2, -0.15) is 0 Å². The van der Waals surface area contributed by atoms with Gasteiger partial charge in [0.1, 0.15) is 0 Å². The van der Waals surface area contributed by atoms with Crippen molar-refractivity contribution >= 4 is 15.9 Å². The van der Waals surface area contributed by atoms with Gasteiger partial charge in [0, 0.05) is 16.1 Å². The van der Waals surface area contributed by atoms with Gasteiger partial charge in [0.25, 0.3) is 6.43 Å². The molecule has 1 rings (SSSR count). The van der Waals surface area contributed by atoms with Crippen molar-refractivity contribution in [3.63, 3.8) is 0 Å². The Balaban J connectivity index is 3.06. The van der Waals surface area contributed by atoms with Crippen molar-refractivity contribution in [2.45, 2.75) is 19.4 Å². The van der Waals surface area contributed by atoms with Crippen molar-refractivity contribution in [2.24, 2.45) is 5.73 Å². The first kappa shape index (κ1) is 10.6. The topological polar surface area (TPSA) is 26.0 Å². The van der Waals surface area contributed by atoms with Crippen molar-refractivity contribution < 1.29 is 8.78 Å². The fourth-order valence-electron chi connectivity index (χ4n) is 1.00. The zero-order valence-electron chi connectivity index (χ0n) is 7.10. The Morgan fingerprint density at radius 2 is 2.00 bits per heavy atom. The summed E-state index contributed by atoms with van der Waals surface area (Å²) >= 11 is 3.08. The van der Waals surface area contributed by atoms with Gasteiger partial charge in [-0.15, -0.1) is 0 Å². The first-order valence-electron chi connectivity index (χ1n) is 3.85. The fourth-order valence-corrected chi connectivity index (χ4v) is 1.57. The predicted molar refractivity (Wildman–Crippen MR) is 51.7 cm³/mol. The van der Waals surface area contributed by atoms with Gasteiger partial charge in [0.15, 0.2) is 0 Å². The normalized spacial score (nSPS) is 13.4. The highest BCUT2D eigenvalue weighted by Gasteiger charge is 2.12. The minimum atomic E-state index is -2.45. The first-order chi connectivity index (χ1) is 6.02. The lowest BCUT2D eigenvalue weighted by molar-refractivity contribution is 0.150. The monoisotopic (exact) mass is 249 g/mol. The summed E-state index contributed by atoms with van der Waals surface area (Å²) in [5.41, 5.74) is 6.45. The summed E-state index contributed by atoms with van der Waals surface area (Å²) in [6.07, 6.45) is -2.45. The lowest BCUT2D eigenvalue weighted by Gasteiger charge is -2.08. The molecule has 1 aromatic rings. The van der Waals surface area contributed by atoms with Gasteiger partial charge in [-0.25, -0.2) is 8.78 Å². The highest BCUT2D eigenvalue weighted by atomic mass is 79.9. The Bertz CT molecular complexity index is 300. The third-order valence-electron chi connectivity index (χ3n) is 1.79. The van der Waals surface area contributed by atoms with Crippen LogP contribution in [0.25, 0.3) is 0 Å². The van der Waals surface area contributed by atoms with Crippen molar-refractivity contribution in [3.8, 4) is 0 Å². The minimum Gasteiger partial charge on any atom is -0.324 e. The summed E-state index contributed by atoms with van der Waals surface area (Å²) in [5.74, 6) is 0. The number of hydrogen-bond donors (Lipinski definition) is 1. The molecule has 13 heavy (non-hydrogen) atoms. The van der Waals surface area contributed by atoms with Crippen LogP contribution in [0, 0.1) is 0 Å². The summed E-state index contributed by atoms with van der Waals surface area (Å²) in [4.78, 5) is 0. The number of halogens is 3. The molecule has 0 bridgehead atoms. The maximum absolute atomic E-state index is 12.3. The molecular weight excluding hydrogens is 240 g/mol. The summed E-state index contributed by atoms with van der Waals surface area (Å²) < 4.78 is 25.0. The smallest absolute Gasteiger partial charge is 0.264 e. The van der Waals surface area contributed by atoms with Crippen molar-refractivity contribution in [1.82, 2.24) is 0 Å². The van der Waals surface area contributed by atoms with Gasteiger partial charge in [0.05, 0.1) is 0 Å². The molecule has 0 spiro atoms. The van der Waals surface area contributed by atoms with E-state index in [0.29, 0.717) is 4.47 Å². The van der Waals surface area contributed by atoms with Crippen LogP contribution in [0.3, 0.4) is 0 Å². The molecule has 0 saturated carbocycles. The molecule has 0 saturated heterocycles. The largest absolute Gasteiger partial charge is 0.324 e. The molecule has 1 nitrogen and oxygen atoms in total. The van der Waals surface area contributed by atoms with Crippen LogP contribution in [-0.4, -0.2) is 0 Å². The van der Waals surface area contributed by atoms with E-state index in [1.54, 1.807) is 12.1 Å². The maximum atomic E-state index is 12.3. The van der Waals surface area contributed by atoms with E-state index >= 15 is 0 Å². The van der Waals surface area contributed by atoms with Crippen LogP contribution in [0.4, 0.5) is 8.78 Å². The van der Waals surface area contributed by atoms with E-state index in [-0.39, 0.29) is 11.6 Å². The number of alkyl halides is 2. The van der Waals surface area contributed by atoms with Crippen molar-refractivity contribution in [1.29, 1.82) is 0 Å². The molecular formula is C9H10BrF2N. The average molecular weight is 250 g/mol. The predicted octanol–water partition coefficient (Wildman–Crippen LogP) is 3.41. The maximum Gasteiger partial charge on any atom is 0.264 e. The molecule has 4 heteroatoms. The summed E-state index contributed by atoms with van der Waals surface area (Å²) in [5, 5.41) is 0. The zero-order chi connectivity index (χ0) is 10.0. The van der Waals surface area contributed by atoms with Gasteiger partial charge >= 0.3 is 0 Å². The molecule has 0 radical (unpaired) electrons. The molecule has 0 fully saturated rings. The number of benzene rings is 1. The molecule has 0 heterocycles. The van der Waals surface area contributed by atoms with E-state index in [1.165, 1.54) is 6.07 Å². The van der Waals surface area contributed by atoms with Crippen LogP contribution in [-0.2, 0) is 0 Å². The lowest BCUT2D eigenvalue weighted by atomic mass is 10.1. The lowest BCUT2D eigenvalue weighted by Crippen LogP contribution is -2.05. The zero-order valence-corrected chi connectivity index (χ0v) is 8.68. The van der Waals surface area contributed by atoms with Crippen molar-refractivity contribution in [3.05, 3.63) is 33.8 Å². The number of rotatable bonds is 2. The van der Waals surface area contributed by atoms with E-state index in [4.69, 9.17) is 5.73 Å². The Labute approximate surface area is 84.1 Å². The molecule has 1 atom stereocenters. The number of hydrogen-bond acceptors (Lipinski definition) is 1. The molecule has 0 aliphatic heterocycles. The molecule has 72 valence electrons. The SMILES string of the molecule is CC(N)c1ccc(C(F)F)c(Br)c1. The minimum absolute atomic E-state index is 0.00407. The van der Waals surface area contributed by atoms with Crippen molar-refractivity contribution in [2.75, 3.05) is 0 Å². The van der Waals surface area contributed by atoms with Crippen LogP contribution in [0.2, 0.25) is 0 Å². The van der Waals surface area contributed by atoms with Crippen LogP contribution < -0.4 is 5.73 Å². The van der Waals surface area contributed by atoms with Crippen LogP contribution >= 0.6 is 15.9 Å². The van der Waals surface area contributed by atoms with Crippen LogP contribution in [0.1, 0.15) is 30.5 Å². The summed E-state index contributed by atoms with van der Waals surface area (Å²) in [6, 6.07) is 4.51. The second kappa shape index (κ2) is 4.15. The average Bonchev–Trinajstić information content (AvgIpc) is 2.03. The third-order valence-corrected chi connectivity index (χ3v) is 2.47. The highest BCUT2D eigenvalue weighted by Crippen LogP contribution is 2.29. The standard InChI is InChI=1S/C9H10BrF2N/c1-5(13)6-2-3-7(9(11)12)8(10)4-6/h2-5,9H,13H2,1H3. The highest BCUT2D eigenvalue weighted by molar-refractivity contribution is 9.10. The molecule has 0 aromatic heterocycles. The second-order valence-corrected chi connectivity index (χ2v) is 3.72. The van der Waals surface area contributed by atoms with E-state index in [1.807, 2.05) is 6.92 Å². The number of nitrogens with two attached hydrogens (primary N) is 1. The molecule has 0 aliphatic carbocycles. The second-order valence-electron chi connectivity index (χ2n) is 2.87. The molecule has 1 aromatic carbocycles. The Kier molecular flexibility index (Phi) is 3.39. The molecule has 0 aliphatic rings. The van der Waals surface area contributed by atoms with Gasteiger partial charge in [-0.1, -0.05) is 28.1 Å². The Morgan fingerprint density at radius 1 is 1.38 bits per heavy atom. The third kappa shape index (κ3) is 2.48. The van der Waals surface area contributed by atoms with Gasteiger partial charge in [-0.05, 0) is 18.6 Å². The molecule has 0 amide bonds. The van der Waals surface area contributed by atoms with Gasteiger partial charge in [0.2, 0.25) is 0 Å². The van der Waals surface area contributed by atoms with E-state index in [0.717, 1.165) is 5.56 Å². The molecule has 2 N–H and O–H groups in total. The van der Waals surface area contributed by atoms with Gasteiger partial charge < -0.3 is 5.73 Å².